The molecule has 2 fully saturated rings. The van der Waals surface area contributed by atoms with Crippen molar-refractivity contribution in [3.63, 3.8) is 0 Å². The van der Waals surface area contributed by atoms with Crippen LogP contribution in [-0.4, -0.2) is 20.2 Å². The topological polar surface area (TPSA) is 21.3 Å². The number of benzene rings is 1. The highest BCUT2D eigenvalue weighted by atomic mass is 79.9. The molecular formula is C18H26BrNO. The Kier molecular flexibility index (Phi) is 4.60. The lowest BCUT2D eigenvalue weighted by Gasteiger charge is -2.38. The van der Waals surface area contributed by atoms with Crippen molar-refractivity contribution in [2.45, 2.75) is 39.0 Å². The van der Waals surface area contributed by atoms with Gasteiger partial charge in [-0.25, -0.2) is 0 Å². The van der Waals surface area contributed by atoms with Crippen molar-refractivity contribution in [2.24, 2.45) is 17.3 Å². The summed E-state index contributed by atoms with van der Waals surface area (Å²) in [6, 6.07) is 6.58. The third kappa shape index (κ3) is 3.00. The first kappa shape index (κ1) is 15.4. The molecule has 3 rings (SSSR count). The second kappa shape index (κ2) is 6.29. The normalized spacial score (nSPS) is 30.8. The van der Waals surface area contributed by atoms with E-state index >= 15 is 0 Å². The van der Waals surface area contributed by atoms with Gasteiger partial charge in [0.1, 0.15) is 5.75 Å². The molecule has 21 heavy (non-hydrogen) atoms. The van der Waals surface area contributed by atoms with Crippen LogP contribution in [-0.2, 0) is 6.42 Å². The summed E-state index contributed by atoms with van der Waals surface area (Å²) < 4.78 is 6.42. The van der Waals surface area contributed by atoms with Crippen molar-refractivity contribution in [3.8, 4) is 5.75 Å². The minimum atomic E-state index is 0.479. The number of halogens is 1. The molecule has 0 aliphatic heterocycles. The van der Waals surface area contributed by atoms with E-state index in [4.69, 9.17) is 4.74 Å². The van der Waals surface area contributed by atoms with E-state index < -0.39 is 0 Å². The standard InChI is InChI=1S/C18H26BrNO/c1-3-20-12-18(10-13-4-6-15(18)8-13)11-14-5-7-17(21-2)16(19)9-14/h5,7,9,13,15,20H,3-4,6,8,10-12H2,1-2H3. The van der Waals surface area contributed by atoms with E-state index in [0.29, 0.717) is 5.41 Å². The number of hydrogen-bond donors (Lipinski definition) is 1. The summed E-state index contributed by atoms with van der Waals surface area (Å²) in [5.41, 5.74) is 1.92. The Morgan fingerprint density at radius 1 is 1.38 bits per heavy atom. The minimum absolute atomic E-state index is 0.479. The van der Waals surface area contributed by atoms with Crippen LogP contribution in [0.5, 0.6) is 5.75 Å². The largest absolute Gasteiger partial charge is 0.496 e. The van der Waals surface area contributed by atoms with Crippen LogP contribution in [0.4, 0.5) is 0 Å². The predicted molar refractivity (Wildman–Crippen MR) is 90.8 cm³/mol. The first-order chi connectivity index (χ1) is 10.2. The van der Waals surface area contributed by atoms with Crippen molar-refractivity contribution in [3.05, 3.63) is 28.2 Å². The number of ether oxygens (including phenoxy) is 1. The van der Waals surface area contributed by atoms with Gasteiger partial charge >= 0.3 is 0 Å². The highest BCUT2D eigenvalue weighted by molar-refractivity contribution is 9.10. The number of nitrogens with one attached hydrogen (secondary N) is 1. The first-order valence-electron chi connectivity index (χ1n) is 8.20. The maximum atomic E-state index is 5.35. The van der Waals surface area contributed by atoms with Gasteiger partial charge in [-0.15, -0.1) is 0 Å². The van der Waals surface area contributed by atoms with Crippen molar-refractivity contribution >= 4 is 15.9 Å². The molecule has 0 radical (unpaired) electrons. The van der Waals surface area contributed by atoms with Gasteiger partial charge in [-0.05, 0) is 83.1 Å². The average Bonchev–Trinajstić information content (AvgIpc) is 3.06. The number of rotatable bonds is 6. The van der Waals surface area contributed by atoms with Gasteiger partial charge in [0.2, 0.25) is 0 Å². The van der Waals surface area contributed by atoms with Crippen LogP contribution in [0.25, 0.3) is 0 Å². The van der Waals surface area contributed by atoms with Crippen LogP contribution < -0.4 is 10.1 Å². The smallest absolute Gasteiger partial charge is 0.133 e. The Bertz CT molecular complexity index is 504. The Morgan fingerprint density at radius 2 is 2.24 bits per heavy atom. The molecule has 0 saturated heterocycles. The molecule has 2 bridgehead atoms. The van der Waals surface area contributed by atoms with Crippen molar-refractivity contribution in [1.29, 1.82) is 0 Å². The summed E-state index contributed by atoms with van der Waals surface area (Å²) in [7, 11) is 1.72. The summed E-state index contributed by atoms with van der Waals surface area (Å²) in [4.78, 5) is 0. The molecule has 3 heteroatoms. The summed E-state index contributed by atoms with van der Waals surface area (Å²) in [5, 5.41) is 3.64. The molecule has 0 aromatic heterocycles. The molecule has 0 heterocycles. The molecule has 1 aromatic carbocycles. The lowest BCUT2D eigenvalue weighted by atomic mass is 9.69. The minimum Gasteiger partial charge on any atom is -0.496 e. The first-order valence-corrected chi connectivity index (χ1v) is 8.99. The fourth-order valence-electron chi connectivity index (χ4n) is 4.65. The zero-order valence-electron chi connectivity index (χ0n) is 13.1. The van der Waals surface area contributed by atoms with Crippen LogP contribution in [0, 0.1) is 17.3 Å². The zero-order chi connectivity index (χ0) is 14.9. The van der Waals surface area contributed by atoms with Gasteiger partial charge in [-0.2, -0.15) is 0 Å². The van der Waals surface area contributed by atoms with Gasteiger partial charge in [0.15, 0.2) is 0 Å². The molecule has 2 aliphatic rings. The van der Waals surface area contributed by atoms with Gasteiger partial charge in [0, 0.05) is 6.54 Å². The lowest BCUT2D eigenvalue weighted by Crippen LogP contribution is -2.40. The number of hydrogen-bond acceptors (Lipinski definition) is 2. The Hall–Kier alpha value is -0.540. The van der Waals surface area contributed by atoms with E-state index in [1.807, 2.05) is 0 Å². The third-order valence-corrected chi connectivity index (χ3v) is 6.22. The quantitative estimate of drug-likeness (QED) is 0.819. The van der Waals surface area contributed by atoms with Crippen LogP contribution >= 0.6 is 15.9 Å². The van der Waals surface area contributed by atoms with E-state index in [2.05, 4.69) is 46.4 Å². The number of fused-ring (bicyclic) bond motifs is 2. The molecule has 3 atom stereocenters. The Labute approximate surface area is 136 Å². The predicted octanol–water partition coefficient (Wildman–Crippen LogP) is 4.42. The molecule has 2 nitrogen and oxygen atoms in total. The monoisotopic (exact) mass is 351 g/mol. The van der Waals surface area contributed by atoms with E-state index in [-0.39, 0.29) is 0 Å². The maximum Gasteiger partial charge on any atom is 0.133 e. The van der Waals surface area contributed by atoms with Crippen molar-refractivity contribution in [2.75, 3.05) is 20.2 Å². The molecule has 2 aliphatic carbocycles. The Balaban J connectivity index is 1.80. The SMILES string of the molecule is CCNCC1(Cc2ccc(OC)c(Br)c2)CC2CCC1C2. The molecular weight excluding hydrogens is 326 g/mol. The van der Waals surface area contributed by atoms with Gasteiger partial charge in [0.25, 0.3) is 0 Å². The molecule has 116 valence electrons. The molecule has 1 N–H and O–H groups in total. The zero-order valence-corrected chi connectivity index (χ0v) is 14.7. The van der Waals surface area contributed by atoms with Crippen LogP contribution in [0.15, 0.2) is 22.7 Å². The molecule has 1 aromatic rings. The highest BCUT2D eigenvalue weighted by Gasteiger charge is 2.50. The van der Waals surface area contributed by atoms with Gasteiger partial charge < -0.3 is 10.1 Å². The molecule has 2 saturated carbocycles. The summed E-state index contributed by atoms with van der Waals surface area (Å²) in [5.74, 6) is 2.82. The summed E-state index contributed by atoms with van der Waals surface area (Å²) >= 11 is 3.63. The lowest BCUT2D eigenvalue weighted by molar-refractivity contribution is 0.157. The van der Waals surface area contributed by atoms with Crippen molar-refractivity contribution in [1.82, 2.24) is 5.32 Å². The second-order valence-corrected chi connectivity index (χ2v) is 7.72. The second-order valence-electron chi connectivity index (χ2n) is 6.87. The van der Waals surface area contributed by atoms with E-state index in [1.54, 1.807) is 7.11 Å². The van der Waals surface area contributed by atoms with E-state index in [9.17, 15) is 0 Å². The van der Waals surface area contributed by atoms with Crippen LogP contribution in [0.3, 0.4) is 0 Å². The molecule has 0 amide bonds. The van der Waals surface area contributed by atoms with Gasteiger partial charge in [-0.1, -0.05) is 19.4 Å². The Morgan fingerprint density at radius 3 is 2.81 bits per heavy atom. The van der Waals surface area contributed by atoms with E-state index in [1.165, 1.54) is 44.2 Å². The number of methoxy groups -OCH3 is 1. The summed E-state index contributed by atoms with van der Waals surface area (Å²) in [6.45, 7) is 4.46. The van der Waals surface area contributed by atoms with Crippen LogP contribution in [0.2, 0.25) is 0 Å². The maximum absolute atomic E-state index is 5.35. The fourth-order valence-corrected chi connectivity index (χ4v) is 5.24. The third-order valence-electron chi connectivity index (χ3n) is 5.60. The van der Waals surface area contributed by atoms with Crippen LogP contribution in [0.1, 0.15) is 38.2 Å². The van der Waals surface area contributed by atoms with E-state index in [0.717, 1.165) is 28.6 Å². The average molecular weight is 352 g/mol. The van der Waals surface area contributed by atoms with Gasteiger partial charge in [0.05, 0.1) is 11.6 Å². The van der Waals surface area contributed by atoms with Gasteiger partial charge in [-0.3, -0.25) is 0 Å². The molecule has 3 unspecified atom stereocenters. The van der Waals surface area contributed by atoms with Crippen molar-refractivity contribution < 1.29 is 4.74 Å². The summed E-state index contributed by atoms with van der Waals surface area (Å²) in [6.07, 6.45) is 6.97. The fraction of sp³-hybridized carbons (Fsp3) is 0.667. The molecule has 0 spiro atoms. The highest BCUT2D eigenvalue weighted by Crippen LogP contribution is 2.57.